The van der Waals surface area contributed by atoms with Crippen LogP contribution in [-0.2, 0) is 4.52 Å². The highest BCUT2D eigenvalue weighted by atomic mass is 17.3. The fourth-order valence-electron chi connectivity index (χ4n) is 0.298. The molecule has 0 N–H and O–H groups in total. The number of rotatable bonds is 1. The average molecular weight is 86.1 g/mol. The van der Waals surface area contributed by atoms with E-state index in [-0.39, 0.29) is 6.10 Å². The Morgan fingerprint density at radius 2 is 2.50 bits per heavy atom. The first-order valence-electron chi connectivity index (χ1n) is 1.84. The van der Waals surface area contributed by atoms with Gasteiger partial charge >= 0.3 is 0 Å². The van der Waals surface area contributed by atoms with E-state index in [9.17, 15) is 5.26 Å². The molecule has 0 spiro atoms. The van der Waals surface area contributed by atoms with Crippen molar-refractivity contribution in [3.63, 3.8) is 0 Å². The van der Waals surface area contributed by atoms with Gasteiger partial charge in [-0.1, -0.05) is 6.58 Å². The molecule has 2 heteroatoms. The second-order valence-electron chi connectivity index (χ2n) is 1.32. The number of hydrogen-bond acceptors (Lipinski definition) is 1. The van der Waals surface area contributed by atoms with Gasteiger partial charge in [0, 0.05) is 0 Å². The summed E-state index contributed by atoms with van der Waals surface area (Å²) in [6, 6.07) is 0. The van der Waals surface area contributed by atoms with Gasteiger partial charge in [-0.25, -0.2) is 0 Å². The van der Waals surface area contributed by atoms with Crippen molar-refractivity contribution in [2.45, 2.75) is 6.10 Å². The van der Waals surface area contributed by atoms with Gasteiger partial charge in [0.15, 0.2) is 0 Å². The molecular weight excluding hydrogens is 80.0 g/mol. The van der Waals surface area contributed by atoms with Crippen molar-refractivity contribution in [1.82, 2.24) is 0 Å². The molecule has 0 aromatic carbocycles. The summed E-state index contributed by atoms with van der Waals surface area (Å²) >= 11 is 0. The van der Waals surface area contributed by atoms with Crippen molar-refractivity contribution in [3.05, 3.63) is 12.7 Å². The lowest BCUT2D eigenvalue weighted by atomic mass is 10.5. The largest absolute Gasteiger partial charge is 0.533 e. The van der Waals surface area contributed by atoms with E-state index in [4.69, 9.17) is 0 Å². The Kier molecular flexibility index (Phi) is 0.680. The molecule has 0 radical (unpaired) electrons. The molecule has 0 amide bonds. The molecule has 0 aromatic rings. The number of epoxide rings is 1. The van der Waals surface area contributed by atoms with Crippen LogP contribution in [0.15, 0.2) is 12.7 Å². The van der Waals surface area contributed by atoms with Crippen LogP contribution < -0.4 is 5.26 Å². The van der Waals surface area contributed by atoms with E-state index in [2.05, 4.69) is 6.58 Å². The first-order chi connectivity index (χ1) is 2.84. The summed E-state index contributed by atoms with van der Waals surface area (Å²) in [5, 5.41) is 9.88. The maximum Gasteiger partial charge on any atom is 0.250 e. The van der Waals surface area contributed by atoms with Gasteiger partial charge in [-0.3, -0.25) is 0 Å². The van der Waals surface area contributed by atoms with Gasteiger partial charge in [0.2, 0.25) is 6.61 Å². The summed E-state index contributed by atoms with van der Waals surface area (Å²) in [4.78, 5) is 0. The van der Waals surface area contributed by atoms with Crippen LogP contribution in [0.5, 0.6) is 0 Å². The molecule has 1 atom stereocenters. The SMILES string of the molecule is C=CC1C[O+]1[O-]. The third kappa shape index (κ3) is 0.441. The Morgan fingerprint density at radius 3 is 2.50 bits per heavy atom. The highest BCUT2D eigenvalue weighted by molar-refractivity contribution is 4.89. The molecule has 0 aliphatic carbocycles. The van der Waals surface area contributed by atoms with Gasteiger partial charge in [0.05, 0.1) is 0 Å². The highest BCUT2D eigenvalue weighted by Gasteiger charge is 2.33. The smallest absolute Gasteiger partial charge is 0.250 e. The summed E-state index contributed by atoms with van der Waals surface area (Å²) in [6.45, 7) is 3.98. The average Bonchev–Trinajstić information content (AvgIpc) is 2.19. The second-order valence-corrected chi connectivity index (χ2v) is 1.32. The van der Waals surface area contributed by atoms with E-state index < -0.39 is 0 Å². The molecular formula is C4H6O2. The minimum atomic E-state index is 0.0602. The molecule has 1 unspecified atom stereocenters. The standard InChI is InChI=1S/C4H6O2/c1-2-4-3-6(4)5/h2,4H,1,3H2. The van der Waals surface area contributed by atoms with Crippen LogP contribution >= 0.6 is 0 Å². The molecule has 1 aliphatic rings. The zero-order valence-electron chi connectivity index (χ0n) is 3.39. The molecule has 2 nitrogen and oxygen atoms in total. The van der Waals surface area contributed by atoms with E-state index in [1.54, 1.807) is 10.6 Å². The summed E-state index contributed by atoms with van der Waals surface area (Å²) in [7, 11) is 0. The predicted molar refractivity (Wildman–Crippen MR) is 19.9 cm³/mol. The van der Waals surface area contributed by atoms with Crippen molar-refractivity contribution >= 4 is 0 Å². The third-order valence-corrected chi connectivity index (χ3v) is 0.814. The Hall–Kier alpha value is -0.340. The van der Waals surface area contributed by atoms with Gasteiger partial charge in [-0.05, 0) is 6.08 Å². The van der Waals surface area contributed by atoms with E-state index in [0.29, 0.717) is 6.61 Å². The van der Waals surface area contributed by atoms with Crippen LogP contribution in [-0.4, -0.2) is 12.7 Å². The van der Waals surface area contributed by atoms with Crippen LogP contribution in [0.4, 0.5) is 0 Å². The van der Waals surface area contributed by atoms with Crippen molar-refractivity contribution < 1.29 is 9.78 Å². The summed E-state index contributed by atoms with van der Waals surface area (Å²) in [5.41, 5.74) is 0. The topological polar surface area (TPSA) is 25.8 Å². The summed E-state index contributed by atoms with van der Waals surface area (Å²) in [6.07, 6.45) is 1.68. The normalized spacial score (nSPS) is 33.2. The molecule has 1 fully saturated rings. The zero-order chi connectivity index (χ0) is 4.57. The lowest BCUT2D eigenvalue weighted by molar-refractivity contribution is -0.735. The molecule has 1 aliphatic heterocycles. The first-order valence-corrected chi connectivity index (χ1v) is 1.84. The minimum absolute atomic E-state index is 0.0602. The lowest BCUT2D eigenvalue weighted by Gasteiger charge is -1.89. The third-order valence-electron chi connectivity index (χ3n) is 0.814. The van der Waals surface area contributed by atoms with Gasteiger partial charge in [-0.15, -0.1) is 0 Å². The molecule has 0 saturated carbocycles. The lowest BCUT2D eigenvalue weighted by Crippen LogP contribution is -2.04. The van der Waals surface area contributed by atoms with Crippen LogP contribution in [0.2, 0.25) is 0 Å². The maximum atomic E-state index is 9.88. The molecule has 1 saturated heterocycles. The monoisotopic (exact) mass is 86.0 g/mol. The van der Waals surface area contributed by atoms with Crippen LogP contribution in [0.25, 0.3) is 0 Å². The summed E-state index contributed by atoms with van der Waals surface area (Å²) < 4.78 is 1.62. The van der Waals surface area contributed by atoms with Crippen LogP contribution in [0, 0.1) is 0 Å². The molecule has 34 valence electrons. The van der Waals surface area contributed by atoms with Gasteiger partial charge < -0.3 is 9.78 Å². The Balaban J connectivity index is 2.25. The number of hydrogen-bond donors (Lipinski definition) is 0. The fourth-order valence-corrected chi connectivity index (χ4v) is 0.298. The fraction of sp³-hybridized carbons (Fsp3) is 0.500. The van der Waals surface area contributed by atoms with Gasteiger partial charge in [-0.2, -0.15) is 0 Å². The van der Waals surface area contributed by atoms with E-state index in [0.717, 1.165) is 0 Å². The van der Waals surface area contributed by atoms with Crippen molar-refractivity contribution in [2.75, 3.05) is 6.61 Å². The first kappa shape index (κ1) is 3.84. The van der Waals surface area contributed by atoms with Crippen molar-refractivity contribution in [1.29, 1.82) is 0 Å². The van der Waals surface area contributed by atoms with E-state index >= 15 is 0 Å². The Labute approximate surface area is 36.3 Å². The quantitative estimate of drug-likeness (QED) is 0.181. The van der Waals surface area contributed by atoms with Gasteiger partial charge in [0.1, 0.15) is 0 Å². The predicted octanol–water partition coefficient (Wildman–Crippen LogP) is -0.618. The van der Waals surface area contributed by atoms with E-state index in [1.165, 1.54) is 0 Å². The van der Waals surface area contributed by atoms with Crippen LogP contribution in [0.3, 0.4) is 0 Å². The second kappa shape index (κ2) is 1.06. The molecule has 0 aromatic heterocycles. The van der Waals surface area contributed by atoms with Crippen LogP contribution in [0.1, 0.15) is 0 Å². The van der Waals surface area contributed by atoms with Crippen molar-refractivity contribution in [2.24, 2.45) is 0 Å². The van der Waals surface area contributed by atoms with Crippen molar-refractivity contribution in [3.8, 4) is 0 Å². The molecule has 1 rings (SSSR count). The zero-order valence-corrected chi connectivity index (χ0v) is 3.39. The summed E-state index contributed by atoms with van der Waals surface area (Å²) in [5.74, 6) is 0. The maximum absolute atomic E-state index is 9.88. The van der Waals surface area contributed by atoms with E-state index in [1.807, 2.05) is 0 Å². The minimum Gasteiger partial charge on any atom is -0.533 e. The Bertz CT molecular complexity index is 69.9. The highest BCUT2D eigenvalue weighted by Crippen LogP contribution is 2.15. The molecule has 6 heavy (non-hydrogen) atoms. The van der Waals surface area contributed by atoms with Gasteiger partial charge in [0.25, 0.3) is 6.10 Å². The molecule has 0 bridgehead atoms. The Morgan fingerprint density at radius 1 is 2.00 bits per heavy atom. The molecule has 1 heterocycles.